The lowest BCUT2D eigenvalue weighted by Crippen LogP contribution is -2.28. The molecule has 2 aliphatic carbocycles. The monoisotopic (exact) mass is 233 g/mol. The normalized spacial score (nSPS) is 29.3. The van der Waals surface area contributed by atoms with Crippen molar-refractivity contribution in [2.75, 3.05) is 5.32 Å². The van der Waals surface area contributed by atoms with Crippen molar-refractivity contribution in [1.82, 2.24) is 10.2 Å². The number of nitrogens with zero attached hydrogens (tertiary/aromatic N) is 1. The molecule has 0 bridgehead atoms. The summed E-state index contributed by atoms with van der Waals surface area (Å²) in [5, 5.41) is 11.0. The Kier molecular flexibility index (Phi) is 2.85. The highest BCUT2D eigenvalue weighted by atomic mass is 15.2. The van der Waals surface area contributed by atoms with Gasteiger partial charge in [-0.15, -0.1) is 0 Å². The first-order valence-corrected chi connectivity index (χ1v) is 7.02. The zero-order valence-corrected chi connectivity index (χ0v) is 10.9. The number of anilines is 1. The third-order valence-corrected chi connectivity index (χ3v) is 4.48. The van der Waals surface area contributed by atoms with Crippen LogP contribution in [-0.2, 0) is 0 Å². The first kappa shape index (κ1) is 11.1. The largest absolute Gasteiger partial charge is 0.379 e. The van der Waals surface area contributed by atoms with Crippen LogP contribution >= 0.6 is 0 Å². The second kappa shape index (κ2) is 4.35. The van der Waals surface area contributed by atoms with Crippen LogP contribution in [0.25, 0.3) is 0 Å². The summed E-state index contributed by atoms with van der Waals surface area (Å²) in [6, 6.07) is 0.671. The van der Waals surface area contributed by atoms with Crippen LogP contribution in [-0.4, -0.2) is 16.2 Å². The fraction of sp³-hybridized carbons (Fsp3) is 0.786. The van der Waals surface area contributed by atoms with Crippen LogP contribution in [0.4, 0.5) is 5.69 Å². The molecule has 2 unspecified atom stereocenters. The molecule has 2 saturated carbocycles. The molecule has 94 valence electrons. The summed E-state index contributed by atoms with van der Waals surface area (Å²) in [6.07, 6.45) is 8.53. The van der Waals surface area contributed by atoms with Gasteiger partial charge in [0, 0.05) is 6.04 Å². The molecule has 0 saturated heterocycles. The maximum Gasteiger partial charge on any atom is 0.0825 e. The summed E-state index contributed by atoms with van der Waals surface area (Å²) in [5.41, 5.74) is 3.53. The molecule has 0 aliphatic heterocycles. The number of hydrogen-bond acceptors (Lipinski definition) is 2. The molecule has 0 amide bonds. The first-order valence-electron chi connectivity index (χ1n) is 7.02. The van der Waals surface area contributed by atoms with Crippen molar-refractivity contribution in [2.45, 2.75) is 58.4 Å². The van der Waals surface area contributed by atoms with Gasteiger partial charge in [0.15, 0.2) is 0 Å². The molecule has 3 nitrogen and oxygen atoms in total. The Hall–Kier alpha value is -0.990. The molecule has 2 aliphatic rings. The average Bonchev–Trinajstić information content (AvgIpc) is 3.13. The summed E-state index contributed by atoms with van der Waals surface area (Å²) in [6.45, 7) is 4.18. The molecule has 2 N–H and O–H groups in total. The van der Waals surface area contributed by atoms with Crippen molar-refractivity contribution >= 4 is 5.69 Å². The van der Waals surface area contributed by atoms with Crippen molar-refractivity contribution in [3.8, 4) is 0 Å². The number of rotatable bonds is 3. The minimum atomic E-state index is 0.671. The van der Waals surface area contributed by atoms with Gasteiger partial charge in [0.1, 0.15) is 0 Å². The highest BCUT2D eigenvalue weighted by Gasteiger charge is 2.34. The standard InChI is InChI=1S/C14H23N3/c1-9-14(10(2)17-16-9)15-13-5-3-4-12(8-13)11-6-7-11/h11-13,15H,3-8H2,1-2H3,(H,16,17). The van der Waals surface area contributed by atoms with E-state index in [0.29, 0.717) is 6.04 Å². The minimum absolute atomic E-state index is 0.671. The van der Waals surface area contributed by atoms with Gasteiger partial charge in [0.25, 0.3) is 0 Å². The van der Waals surface area contributed by atoms with E-state index in [1.807, 2.05) is 0 Å². The van der Waals surface area contributed by atoms with Crippen LogP contribution in [0.2, 0.25) is 0 Å². The molecule has 2 atom stereocenters. The van der Waals surface area contributed by atoms with Crippen molar-refractivity contribution in [3.63, 3.8) is 0 Å². The Labute approximate surface area is 103 Å². The van der Waals surface area contributed by atoms with E-state index in [9.17, 15) is 0 Å². The van der Waals surface area contributed by atoms with Gasteiger partial charge < -0.3 is 5.32 Å². The number of H-pyrrole nitrogens is 1. The molecule has 3 rings (SSSR count). The average molecular weight is 233 g/mol. The maximum absolute atomic E-state index is 4.26. The van der Waals surface area contributed by atoms with Crippen molar-refractivity contribution in [1.29, 1.82) is 0 Å². The zero-order valence-electron chi connectivity index (χ0n) is 10.9. The highest BCUT2D eigenvalue weighted by molar-refractivity contribution is 5.52. The van der Waals surface area contributed by atoms with Gasteiger partial charge in [0.2, 0.25) is 0 Å². The topological polar surface area (TPSA) is 40.7 Å². The molecule has 1 aromatic heterocycles. The third kappa shape index (κ3) is 2.33. The van der Waals surface area contributed by atoms with Gasteiger partial charge in [-0.2, -0.15) is 5.10 Å². The van der Waals surface area contributed by atoms with Crippen molar-refractivity contribution in [2.24, 2.45) is 11.8 Å². The van der Waals surface area contributed by atoms with Crippen molar-refractivity contribution < 1.29 is 0 Å². The Morgan fingerprint density at radius 1 is 1.12 bits per heavy atom. The quantitative estimate of drug-likeness (QED) is 0.840. The number of aromatic nitrogens is 2. The summed E-state index contributed by atoms with van der Waals surface area (Å²) in [5.74, 6) is 2.06. The molecular weight excluding hydrogens is 210 g/mol. The van der Waals surface area contributed by atoms with Gasteiger partial charge >= 0.3 is 0 Å². The maximum atomic E-state index is 4.26. The predicted molar refractivity (Wildman–Crippen MR) is 70.2 cm³/mol. The van der Waals surface area contributed by atoms with Gasteiger partial charge in [0.05, 0.1) is 17.1 Å². The Bertz CT molecular complexity index is 373. The van der Waals surface area contributed by atoms with Crippen LogP contribution in [0.5, 0.6) is 0 Å². The van der Waals surface area contributed by atoms with E-state index >= 15 is 0 Å². The van der Waals surface area contributed by atoms with E-state index in [2.05, 4.69) is 29.4 Å². The number of aryl methyl sites for hydroxylation is 2. The molecule has 2 fully saturated rings. The van der Waals surface area contributed by atoms with E-state index in [1.165, 1.54) is 49.9 Å². The first-order chi connectivity index (χ1) is 8.24. The van der Waals surface area contributed by atoms with Crippen LogP contribution in [0.15, 0.2) is 0 Å². The highest BCUT2D eigenvalue weighted by Crippen LogP contribution is 2.44. The SMILES string of the molecule is Cc1n[nH]c(C)c1NC1CCCC(C2CC2)C1. The molecule has 0 radical (unpaired) electrons. The Morgan fingerprint density at radius 2 is 1.94 bits per heavy atom. The number of hydrogen-bond donors (Lipinski definition) is 2. The van der Waals surface area contributed by atoms with Crippen LogP contribution in [0.1, 0.15) is 49.9 Å². The molecule has 1 heterocycles. The lowest BCUT2D eigenvalue weighted by atomic mass is 9.82. The zero-order chi connectivity index (χ0) is 11.8. The summed E-state index contributed by atoms with van der Waals surface area (Å²) in [7, 11) is 0. The number of aromatic amines is 1. The van der Waals surface area contributed by atoms with Gasteiger partial charge in [-0.25, -0.2) is 0 Å². The lowest BCUT2D eigenvalue weighted by molar-refractivity contribution is 0.303. The van der Waals surface area contributed by atoms with E-state index in [1.54, 1.807) is 0 Å². The van der Waals surface area contributed by atoms with E-state index in [0.717, 1.165) is 17.5 Å². The predicted octanol–water partition coefficient (Wildman–Crippen LogP) is 3.41. The van der Waals surface area contributed by atoms with Crippen LogP contribution < -0.4 is 5.32 Å². The van der Waals surface area contributed by atoms with E-state index in [-0.39, 0.29) is 0 Å². The molecule has 17 heavy (non-hydrogen) atoms. The van der Waals surface area contributed by atoms with Gasteiger partial charge in [-0.3, -0.25) is 5.10 Å². The second-order valence-corrected chi connectivity index (χ2v) is 5.91. The Morgan fingerprint density at radius 3 is 2.59 bits per heavy atom. The second-order valence-electron chi connectivity index (χ2n) is 5.91. The summed E-state index contributed by atoms with van der Waals surface area (Å²) in [4.78, 5) is 0. The van der Waals surface area contributed by atoms with Crippen LogP contribution in [0.3, 0.4) is 0 Å². The minimum Gasteiger partial charge on any atom is -0.379 e. The smallest absolute Gasteiger partial charge is 0.0825 e. The third-order valence-electron chi connectivity index (χ3n) is 4.48. The van der Waals surface area contributed by atoms with Gasteiger partial charge in [-0.1, -0.05) is 12.8 Å². The van der Waals surface area contributed by atoms with E-state index in [4.69, 9.17) is 0 Å². The van der Waals surface area contributed by atoms with Crippen LogP contribution in [0, 0.1) is 25.7 Å². The van der Waals surface area contributed by atoms with E-state index < -0.39 is 0 Å². The number of nitrogens with one attached hydrogen (secondary N) is 2. The molecule has 0 aromatic carbocycles. The molecule has 3 heteroatoms. The van der Waals surface area contributed by atoms with Gasteiger partial charge in [-0.05, 0) is 51.4 Å². The summed E-state index contributed by atoms with van der Waals surface area (Å²) < 4.78 is 0. The van der Waals surface area contributed by atoms with Crippen molar-refractivity contribution in [3.05, 3.63) is 11.4 Å². The lowest BCUT2D eigenvalue weighted by Gasteiger charge is -2.30. The molecule has 0 spiro atoms. The summed E-state index contributed by atoms with van der Waals surface area (Å²) >= 11 is 0. The molecular formula is C14H23N3. The Balaban J connectivity index is 1.64. The molecule has 1 aromatic rings. The fourth-order valence-electron chi connectivity index (χ4n) is 3.32. The fourth-order valence-corrected chi connectivity index (χ4v) is 3.32.